The maximum absolute atomic E-state index is 13.5. The Labute approximate surface area is 206 Å². The molecule has 3 aromatic carbocycles. The number of hydrazine groups is 1. The first-order valence-corrected chi connectivity index (χ1v) is 12.3. The lowest BCUT2D eigenvalue weighted by molar-refractivity contribution is -0.129. The van der Waals surface area contributed by atoms with Crippen molar-refractivity contribution in [2.24, 2.45) is 5.92 Å². The van der Waals surface area contributed by atoms with Crippen molar-refractivity contribution < 1.29 is 14.3 Å². The Hall–Kier alpha value is -3.64. The quantitative estimate of drug-likeness (QED) is 0.576. The van der Waals surface area contributed by atoms with E-state index in [2.05, 4.69) is 22.9 Å². The van der Waals surface area contributed by atoms with Gasteiger partial charge in [-0.1, -0.05) is 79.9 Å². The van der Waals surface area contributed by atoms with Crippen LogP contribution < -0.4 is 20.5 Å². The maximum atomic E-state index is 13.5. The smallest absolute Gasteiger partial charge is 0.259 e. The third kappa shape index (κ3) is 4.30. The van der Waals surface area contributed by atoms with Crippen LogP contribution >= 0.6 is 0 Å². The fourth-order valence-electron chi connectivity index (χ4n) is 5.42. The maximum Gasteiger partial charge on any atom is 0.259 e. The first-order chi connectivity index (χ1) is 17.1. The molecule has 1 heterocycles. The van der Waals surface area contributed by atoms with Crippen molar-refractivity contribution in [3.05, 3.63) is 95.6 Å². The molecule has 3 aromatic rings. The van der Waals surface area contributed by atoms with Gasteiger partial charge in [-0.3, -0.25) is 20.3 Å². The van der Waals surface area contributed by atoms with Crippen molar-refractivity contribution >= 4 is 17.5 Å². The lowest BCUT2D eigenvalue weighted by Crippen LogP contribution is -2.51. The Morgan fingerprint density at radius 3 is 2.43 bits per heavy atom. The van der Waals surface area contributed by atoms with E-state index >= 15 is 0 Å². The van der Waals surface area contributed by atoms with Crippen LogP contribution in [0.2, 0.25) is 0 Å². The van der Waals surface area contributed by atoms with Gasteiger partial charge in [-0.25, -0.2) is 5.01 Å². The third-order valence-corrected chi connectivity index (χ3v) is 7.21. The van der Waals surface area contributed by atoms with E-state index in [9.17, 15) is 9.59 Å². The number of para-hydroxylation sites is 1. The molecule has 1 aliphatic carbocycles. The molecule has 1 unspecified atom stereocenters. The average Bonchev–Trinajstić information content (AvgIpc) is 3.05. The van der Waals surface area contributed by atoms with Crippen LogP contribution in [-0.4, -0.2) is 25.5 Å². The van der Waals surface area contributed by atoms with E-state index in [0.29, 0.717) is 5.69 Å². The SMILES string of the molecule is COc1cccc(C2(c3ccccc3)NCC(=O)N(NC(=O)C3CCCCC3)c3ccccc32)c1. The second kappa shape index (κ2) is 9.92. The van der Waals surface area contributed by atoms with E-state index in [0.717, 1.165) is 48.1 Å². The molecule has 0 saturated heterocycles. The van der Waals surface area contributed by atoms with Crippen molar-refractivity contribution in [3.8, 4) is 5.75 Å². The Morgan fingerprint density at radius 1 is 0.943 bits per heavy atom. The number of nitrogens with one attached hydrogen (secondary N) is 2. The van der Waals surface area contributed by atoms with Crippen LogP contribution in [0.1, 0.15) is 48.8 Å². The summed E-state index contributed by atoms with van der Waals surface area (Å²) in [4.78, 5) is 26.7. The van der Waals surface area contributed by atoms with Crippen molar-refractivity contribution in [3.63, 3.8) is 0 Å². The van der Waals surface area contributed by atoms with E-state index < -0.39 is 5.54 Å². The normalized spacial score (nSPS) is 20.6. The number of hydrogen-bond acceptors (Lipinski definition) is 4. The number of ether oxygens (including phenoxy) is 1. The standard InChI is InChI=1S/C29H31N3O3/c1-35-24-16-10-15-23(19-24)29(22-13-6-3-7-14-22)25-17-8-9-18-26(25)32(27(33)20-30-29)31-28(34)21-11-4-2-5-12-21/h3,6-10,13-19,21,30H,2,4-5,11-12,20H2,1H3,(H,31,34). The largest absolute Gasteiger partial charge is 0.497 e. The van der Waals surface area contributed by atoms with E-state index in [1.165, 1.54) is 11.4 Å². The second-order valence-electron chi connectivity index (χ2n) is 9.26. The van der Waals surface area contributed by atoms with Gasteiger partial charge in [0.15, 0.2) is 0 Å². The van der Waals surface area contributed by atoms with Gasteiger partial charge in [0.25, 0.3) is 5.91 Å². The molecule has 0 aromatic heterocycles. The van der Waals surface area contributed by atoms with Crippen LogP contribution in [-0.2, 0) is 15.1 Å². The molecule has 35 heavy (non-hydrogen) atoms. The van der Waals surface area contributed by atoms with Gasteiger partial charge in [0.1, 0.15) is 5.75 Å². The van der Waals surface area contributed by atoms with Gasteiger partial charge in [0.05, 0.1) is 24.9 Å². The third-order valence-electron chi connectivity index (χ3n) is 7.21. The van der Waals surface area contributed by atoms with Gasteiger partial charge >= 0.3 is 0 Å². The molecule has 2 N–H and O–H groups in total. The highest BCUT2D eigenvalue weighted by molar-refractivity contribution is 6.00. The van der Waals surface area contributed by atoms with Gasteiger partial charge in [-0.15, -0.1) is 0 Å². The topological polar surface area (TPSA) is 70.7 Å². The number of amides is 2. The fraction of sp³-hybridized carbons (Fsp3) is 0.310. The zero-order valence-electron chi connectivity index (χ0n) is 20.0. The lowest BCUT2D eigenvalue weighted by atomic mass is 9.76. The number of fused-ring (bicyclic) bond motifs is 1. The molecule has 1 atom stereocenters. The highest BCUT2D eigenvalue weighted by Crippen LogP contribution is 2.43. The molecule has 6 heteroatoms. The summed E-state index contributed by atoms with van der Waals surface area (Å²) in [6, 6.07) is 25.8. The predicted octanol–water partition coefficient (Wildman–Crippen LogP) is 4.53. The summed E-state index contributed by atoms with van der Waals surface area (Å²) in [5.74, 6) is 0.385. The van der Waals surface area contributed by atoms with Gasteiger partial charge in [-0.05, 0) is 42.2 Å². The van der Waals surface area contributed by atoms with Crippen molar-refractivity contribution in [1.82, 2.24) is 10.7 Å². The molecule has 6 nitrogen and oxygen atoms in total. The molecule has 0 radical (unpaired) electrons. The summed E-state index contributed by atoms with van der Waals surface area (Å²) >= 11 is 0. The number of carbonyl (C=O) groups is 2. The monoisotopic (exact) mass is 469 g/mol. The highest BCUT2D eigenvalue weighted by Gasteiger charge is 2.43. The predicted molar refractivity (Wildman–Crippen MR) is 136 cm³/mol. The van der Waals surface area contributed by atoms with Gasteiger partial charge in [0.2, 0.25) is 5.91 Å². The summed E-state index contributed by atoms with van der Waals surface area (Å²) in [6.45, 7) is 0.0474. The minimum atomic E-state index is -0.827. The molecule has 1 fully saturated rings. The summed E-state index contributed by atoms with van der Waals surface area (Å²) in [5.41, 5.74) is 5.64. The van der Waals surface area contributed by atoms with Crippen molar-refractivity contribution in [2.45, 2.75) is 37.6 Å². The molecule has 0 bridgehead atoms. The molecule has 0 spiro atoms. The van der Waals surface area contributed by atoms with Crippen LogP contribution in [0.25, 0.3) is 0 Å². The molecule has 5 rings (SSSR count). The van der Waals surface area contributed by atoms with Crippen LogP contribution in [0.15, 0.2) is 78.9 Å². The first-order valence-electron chi connectivity index (χ1n) is 12.3. The number of nitrogens with zero attached hydrogens (tertiary/aromatic N) is 1. The Bertz CT molecular complexity index is 1210. The molecular weight excluding hydrogens is 438 g/mol. The Kier molecular flexibility index (Phi) is 6.55. The van der Waals surface area contributed by atoms with Gasteiger partial charge < -0.3 is 4.74 Å². The van der Waals surface area contributed by atoms with Crippen LogP contribution in [0.3, 0.4) is 0 Å². The summed E-state index contributed by atoms with van der Waals surface area (Å²) in [7, 11) is 1.65. The number of carbonyl (C=O) groups excluding carboxylic acids is 2. The lowest BCUT2D eigenvalue weighted by Gasteiger charge is -2.36. The number of benzene rings is 3. The van der Waals surface area contributed by atoms with Crippen molar-refractivity contribution in [1.29, 1.82) is 0 Å². The molecule has 180 valence electrons. The minimum absolute atomic E-state index is 0.0474. The Balaban J connectivity index is 1.66. The summed E-state index contributed by atoms with van der Waals surface area (Å²) in [6.07, 6.45) is 5.00. The van der Waals surface area contributed by atoms with E-state index in [4.69, 9.17) is 4.74 Å². The molecule has 1 saturated carbocycles. The number of methoxy groups -OCH3 is 1. The Morgan fingerprint density at radius 2 is 1.66 bits per heavy atom. The van der Waals surface area contributed by atoms with E-state index in [1.807, 2.05) is 66.7 Å². The van der Waals surface area contributed by atoms with Crippen LogP contribution in [0.5, 0.6) is 5.75 Å². The van der Waals surface area contributed by atoms with Crippen molar-refractivity contribution in [2.75, 3.05) is 18.7 Å². The number of rotatable bonds is 5. The molecule has 2 aliphatic rings. The summed E-state index contributed by atoms with van der Waals surface area (Å²) < 4.78 is 5.55. The molecule has 1 aliphatic heterocycles. The summed E-state index contributed by atoms with van der Waals surface area (Å²) in [5, 5.41) is 5.02. The molecular formula is C29H31N3O3. The van der Waals surface area contributed by atoms with E-state index in [-0.39, 0.29) is 24.3 Å². The van der Waals surface area contributed by atoms with Gasteiger partial charge in [-0.2, -0.15) is 0 Å². The first kappa shape index (κ1) is 23.1. The zero-order valence-corrected chi connectivity index (χ0v) is 20.0. The number of anilines is 1. The molecule has 2 amide bonds. The minimum Gasteiger partial charge on any atom is -0.497 e. The van der Waals surface area contributed by atoms with Crippen LogP contribution in [0, 0.1) is 5.92 Å². The van der Waals surface area contributed by atoms with E-state index in [1.54, 1.807) is 7.11 Å². The fourth-order valence-corrected chi connectivity index (χ4v) is 5.42. The number of hydrogen-bond donors (Lipinski definition) is 2. The second-order valence-corrected chi connectivity index (χ2v) is 9.26. The highest BCUT2D eigenvalue weighted by atomic mass is 16.5. The zero-order chi connectivity index (χ0) is 24.3. The van der Waals surface area contributed by atoms with Crippen LogP contribution in [0.4, 0.5) is 5.69 Å². The van der Waals surface area contributed by atoms with Gasteiger partial charge in [0, 0.05) is 11.5 Å². The average molecular weight is 470 g/mol.